The van der Waals surface area contributed by atoms with E-state index < -0.39 is 23.8 Å². The second kappa shape index (κ2) is 11.3. The lowest BCUT2D eigenvalue weighted by Gasteiger charge is -2.36. The summed E-state index contributed by atoms with van der Waals surface area (Å²) in [5.74, 6) is 0.302. The quantitative estimate of drug-likeness (QED) is 0.473. The van der Waals surface area contributed by atoms with Crippen LogP contribution in [0.15, 0.2) is 72.8 Å². The zero-order chi connectivity index (χ0) is 25.5. The maximum Gasteiger partial charge on any atom is 0.265 e. The van der Waals surface area contributed by atoms with Crippen LogP contribution in [0.25, 0.3) is 0 Å². The average molecular weight is 490 g/mol. The largest absolute Gasteiger partial charge is 0.497 e. The summed E-state index contributed by atoms with van der Waals surface area (Å²) in [5.41, 5.74) is 1.47. The third-order valence-corrected chi connectivity index (χ3v) is 5.57. The SMILES string of the molecule is CCOc1ccccc1NC(=O)C[C@H]1C(=O)Nc2ccccc2N1C(=O)COc1ccc(OC)cc1. The van der Waals surface area contributed by atoms with Gasteiger partial charge in [0.2, 0.25) is 11.8 Å². The molecule has 36 heavy (non-hydrogen) atoms. The fourth-order valence-electron chi connectivity index (χ4n) is 3.90. The molecule has 0 aromatic heterocycles. The maximum absolute atomic E-state index is 13.3. The van der Waals surface area contributed by atoms with Gasteiger partial charge in [-0.3, -0.25) is 19.3 Å². The normalized spacial score (nSPS) is 14.3. The van der Waals surface area contributed by atoms with Crippen LogP contribution in [0.4, 0.5) is 17.1 Å². The van der Waals surface area contributed by atoms with Crippen LogP contribution in [-0.4, -0.2) is 44.1 Å². The number of anilines is 3. The first-order valence-corrected chi connectivity index (χ1v) is 11.5. The van der Waals surface area contributed by atoms with Crippen LogP contribution in [0.3, 0.4) is 0 Å². The molecule has 1 aliphatic rings. The van der Waals surface area contributed by atoms with E-state index in [1.54, 1.807) is 79.9 Å². The first-order valence-electron chi connectivity index (χ1n) is 11.5. The van der Waals surface area contributed by atoms with E-state index in [1.165, 1.54) is 4.90 Å². The van der Waals surface area contributed by atoms with Gasteiger partial charge in [0.1, 0.15) is 23.3 Å². The minimum atomic E-state index is -1.06. The lowest BCUT2D eigenvalue weighted by atomic mass is 10.0. The predicted octanol–water partition coefficient (Wildman–Crippen LogP) is 3.86. The molecule has 0 saturated carbocycles. The standard InChI is InChI=1S/C27H27N3O6/c1-3-35-24-11-7-5-9-21(24)28-25(31)16-23-27(33)29-20-8-4-6-10-22(20)30(23)26(32)17-36-19-14-12-18(34-2)13-15-19/h4-15,23H,3,16-17H2,1-2H3,(H,28,31)(H,29,33)/t23-/m0/s1. The number of hydrogen-bond acceptors (Lipinski definition) is 6. The van der Waals surface area contributed by atoms with Crippen LogP contribution in [0.2, 0.25) is 0 Å². The van der Waals surface area contributed by atoms with E-state index in [4.69, 9.17) is 14.2 Å². The number of ether oxygens (including phenoxy) is 3. The molecule has 9 nitrogen and oxygen atoms in total. The van der Waals surface area contributed by atoms with Gasteiger partial charge in [-0.25, -0.2) is 0 Å². The van der Waals surface area contributed by atoms with Crippen LogP contribution >= 0.6 is 0 Å². The molecule has 1 atom stereocenters. The lowest BCUT2D eigenvalue weighted by molar-refractivity contribution is -0.127. The number of rotatable bonds is 9. The Morgan fingerprint density at radius 1 is 0.944 bits per heavy atom. The average Bonchev–Trinajstić information content (AvgIpc) is 2.89. The highest BCUT2D eigenvalue weighted by atomic mass is 16.5. The minimum absolute atomic E-state index is 0.255. The summed E-state index contributed by atoms with van der Waals surface area (Å²) in [6.07, 6.45) is -0.255. The van der Waals surface area contributed by atoms with Crippen LogP contribution < -0.4 is 29.7 Å². The molecule has 186 valence electrons. The number of carbonyl (C=O) groups is 3. The molecule has 0 spiro atoms. The Labute approximate surface area is 209 Å². The molecule has 9 heteroatoms. The number of para-hydroxylation sites is 4. The number of fused-ring (bicyclic) bond motifs is 1. The fraction of sp³-hybridized carbons (Fsp3) is 0.222. The number of methoxy groups -OCH3 is 1. The van der Waals surface area contributed by atoms with Crippen molar-refractivity contribution in [3.63, 3.8) is 0 Å². The van der Waals surface area contributed by atoms with E-state index in [-0.39, 0.29) is 13.0 Å². The van der Waals surface area contributed by atoms with Gasteiger partial charge in [-0.2, -0.15) is 0 Å². The van der Waals surface area contributed by atoms with Gasteiger partial charge < -0.3 is 24.8 Å². The molecule has 1 aliphatic heterocycles. The molecule has 0 fully saturated rings. The van der Waals surface area contributed by atoms with Gasteiger partial charge in [0, 0.05) is 0 Å². The van der Waals surface area contributed by atoms with Gasteiger partial charge >= 0.3 is 0 Å². The van der Waals surface area contributed by atoms with Crippen LogP contribution in [0, 0.1) is 0 Å². The molecule has 0 aliphatic carbocycles. The van der Waals surface area contributed by atoms with E-state index in [9.17, 15) is 14.4 Å². The Bertz CT molecular complexity index is 1240. The third kappa shape index (κ3) is 5.57. The summed E-state index contributed by atoms with van der Waals surface area (Å²) in [5, 5.41) is 5.58. The first kappa shape index (κ1) is 24.6. The molecule has 2 N–H and O–H groups in total. The number of amides is 3. The number of benzene rings is 3. The Hall–Kier alpha value is -4.53. The molecular weight excluding hydrogens is 462 g/mol. The summed E-state index contributed by atoms with van der Waals surface area (Å²) in [6.45, 7) is 1.96. The third-order valence-electron chi connectivity index (χ3n) is 5.57. The molecule has 3 aromatic rings. The zero-order valence-electron chi connectivity index (χ0n) is 20.0. The highest BCUT2D eigenvalue weighted by Crippen LogP contribution is 2.33. The molecule has 3 amide bonds. The molecule has 0 unspecified atom stereocenters. The molecule has 0 bridgehead atoms. The van der Waals surface area contributed by atoms with Crippen molar-refractivity contribution in [2.75, 3.05) is 35.9 Å². The van der Waals surface area contributed by atoms with E-state index in [0.717, 1.165) is 0 Å². The van der Waals surface area contributed by atoms with Crippen molar-refractivity contribution in [3.05, 3.63) is 72.8 Å². The molecule has 1 heterocycles. The van der Waals surface area contributed by atoms with Gasteiger partial charge in [-0.1, -0.05) is 24.3 Å². The van der Waals surface area contributed by atoms with E-state index in [1.807, 2.05) is 6.92 Å². The zero-order valence-corrected chi connectivity index (χ0v) is 20.0. The molecule has 0 radical (unpaired) electrons. The summed E-state index contributed by atoms with van der Waals surface area (Å²) < 4.78 is 16.4. The Morgan fingerprint density at radius 2 is 1.64 bits per heavy atom. The topological polar surface area (TPSA) is 106 Å². The number of hydrogen-bond donors (Lipinski definition) is 2. The van der Waals surface area contributed by atoms with Crippen molar-refractivity contribution in [1.82, 2.24) is 0 Å². The van der Waals surface area contributed by atoms with Gasteiger partial charge in [0.25, 0.3) is 5.91 Å². The highest BCUT2D eigenvalue weighted by Gasteiger charge is 2.38. The van der Waals surface area contributed by atoms with E-state index in [0.29, 0.717) is 40.9 Å². The van der Waals surface area contributed by atoms with Gasteiger partial charge in [-0.05, 0) is 55.5 Å². The van der Waals surface area contributed by atoms with Crippen LogP contribution in [-0.2, 0) is 14.4 Å². The summed E-state index contributed by atoms with van der Waals surface area (Å²) in [4.78, 5) is 40.6. The van der Waals surface area contributed by atoms with Crippen molar-refractivity contribution in [3.8, 4) is 17.2 Å². The van der Waals surface area contributed by atoms with Crippen LogP contribution in [0.5, 0.6) is 17.2 Å². The number of nitrogens with zero attached hydrogens (tertiary/aromatic N) is 1. The molecular formula is C27H27N3O6. The fourth-order valence-corrected chi connectivity index (χ4v) is 3.90. The van der Waals surface area contributed by atoms with Gasteiger partial charge in [0.15, 0.2) is 6.61 Å². The van der Waals surface area contributed by atoms with Crippen molar-refractivity contribution < 1.29 is 28.6 Å². The monoisotopic (exact) mass is 489 g/mol. The molecule has 3 aromatic carbocycles. The van der Waals surface area contributed by atoms with Crippen molar-refractivity contribution in [2.45, 2.75) is 19.4 Å². The second-order valence-corrected chi connectivity index (χ2v) is 7.93. The summed E-state index contributed by atoms with van der Waals surface area (Å²) in [6, 6.07) is 19.7. The first-order chi connectivity index (χ1) is 17.5. The molecule has 4 rings (SSSR count). The van der Waals surface area contributed by atoms with Crippen molar-refractivity contribution in [2.24, 2.45) is 0 Å². The van der Waals surface area contributed by atoms with E-state index >= 15 is 0 Å². The maximum atomic E-state index is 13.3. The van der Waals surface area contributed by atoms with Crippen molar-refractivity contribution in [1.29, 1.82) is 0 Å². The molecule has 0 saturated heterocycles. The number of carbonyl (C=O) groups excluding carboxylic acids is 3. The van der Waals surface area contributed by atoms with Crippen molar-refractivity contribution >= 4 is 34.8 Å². The Kier molecular flexibility index (Phi) is 7.69. The Morgan fingerprint density at radius 3 is 2.39 bits per heavy atom. The van der Waals surface area contributed by atoms with Crippen LogP contribution in [0.1, 0.15) is 13.3 Å². The van der Waals surface area contributed by atoms with Gasteiger partial charge in [0.05, 0.1) is 37.2 Å². The highest BCUT2D eigenvalue weighted by molar-refractivity contribution is 6.14. The smallest absolute Gasteiger partial charge is 0.265 e. The second-order valence-electron chi connectivity index (χ2n) is 7.93. The predicted molar refractivity (Wildman–Crippen MR) is 136 cm³/mol. The van der Waals surface area contributed by atoms with E-state index in [2.05, 4.69) is 10.6 Å². The summed E-state index contributed by atoms with van der Waals surface area (Å²) >= 11 is 0. The lowest BCUT2D eigenvalue weighted by Crippen LogP contribution is -2.53. The van der Waals surface area contributed by atoms with Gasteiger partial charge in [-0.15, -0.1) is 0 Å². The summed E-state index contributed by atoms with van der Waals surface area (Å²) in [7, 11) is 1.56. The Balaban J connectivity index is 1.53. The minimum Gasteiger partial charge on any atom is -0.497 e. The number of nitrogens with one attached hydrogen (secondary N) is 2.